The van der Waals surface area contributed by atoms with Crippen molar-refractivity contribution >= 4 is 11.3 Å². The van der Waals surface area contributed by atoms with Crippen molar-refractivity contribution in [3.63, 3.8) is 0 Å². The molecule has 20 heavy (non-hydrogen) atoms. The summed E-state index contributed by atoms with van der Waals surface area (Å²) in [5.41, 5.74) is 3.08. The van der Waals surface area contributed by atoms with E-state index in [1.807, 2.05) is 11.7 Å². The van der Waals surface area contributed by atoms with Crippen LogP contribution in [0, 0.1) is 0 Å². The van der Waals surface area contributed by atoms with Gasteiger partial charge in [0.25, 0.3) is 0 Å². The van der Waals surface area contributed by atoms with Gasteiger partial charge >= 0.3 is 0 Å². The molecule has 1 saturated carbocycles. The Kier molecular flexibility index (Phi) is 4.47. The molecule has 5 heteroatoms. The Morgan fingerprint density at radius 3 is 3.00 bits per heavy atom. The molecule has 1 aliphatic carbocycles. The van der Waals surface area contributed by atoms with Crippen LogP contribution in [0.15, 0.2) is 24.0 Å². The number of nitrogens with zero attached hydrogens (tertiary/aromatic N) is 3. The van der Waals surface area contributed by atoms with E-state index >= 15 is 0 Å². The highest BCUT2D eigenvalue weighted by atomic mass is 32.1. The first kappa shape index (κ1) is 13.8. The number of aromatic nitrogens is 3. The summed E-state index contributed by atoms with van der Waals surface area (Å²) in [6.45, 7) is 3.11. The Bertz CT molecular complexity index is 514. The van der Waals surface area contributed by atoms with Crippen LogP contribution in [-0.2, 0) is 6.42 Å². The van der Waals surface area contributed by atoms with E-state index in [9.17, 15) is 0 Å². The lowest BCUT2D eigenvalue weighted by atomic mass is 10.1. The quantitative estimate of drug-likeness (QED) is 0.887. The van der Waals surface area contributed by atoms with E-state index in [1.165, 1.54) is 36.3 Å². The Labute approximate surface area is 124 Å². The summed E-state index contributed by atoms with van der Waals surface area (Å²) in [7, 11) is 0. The van der Waals surface area contributed by atoms with E-state index in [4.69, 9.17) is 5.10 Å². The molecule has 2 aromatic heterocycles. The third-order valence-corrected chi connectivity index (χ3v) is 4.91. The van der Waals surface area contributed by atoms with Crippen molar-refractivity contribution in [3.05, 3.63) is 34.5 Å². The minimum atomic E-state index is 0.333. The monoisotopic (exact) mass is 290 g/mol. The van der Waals surface area contributed by atoms with Gasteiger partial charge in [-0.1, -0.05) is 19.8 Å². The van der Waals surface area contributed by atoms with Crippen molar-refractivity contribution in [1.82, 2.24) is 20.1 Å². The Hall–Kier alpha value is -1.20. The minimum absolute atomic E-state index is 0.333. The van der Waals surface area contributed by atoms with E-state index in [1.54, 1.807) is 11.3 Å². The average Bonchev–Trinajstić information content (AvgIpc) is 3.20. The zero-order valence-electron chi connectivity index (χ0n) is 12.0. The summed E-state index contributed by atoms with van der Waals surface area (Å²) in [5.74, 6) is 0. The molecule has 0 amide bonds. The van der Waals surface area contributed by atoms with Gasteiger partial charge < -0.3 is 5.32 Å². The van der Waals surface area contributed by atoms with Crippen LogP contribution in [0.4, 0.5) is 0 Å². The van der Waals surface area contributed by atoms with E-state index in [2.05, 4.69) is 34.2 Å². The number of likely N-dealkylation sites (N-methyl/N-ethyl adjacent to an activating group) is 1. The van der Waals surface area contributed by atoms with E-state index < -0.39 is 0 Å². The predicted molar refractivity (Wildman–Crippen MR) is 82.0 cm³/mol. The molecule has 108 valence electrons. The third kappa shape index (κ3) is 3.10. The number of hydrogen-bond donors (Lipinski definition) is 1. The number of thiazole rings is 1. The largest absolute Gasteiger partial charge is 0.309 e. The van der Waals surface area contributed by atoms with E-state index in [0.717, 1.165) is 13.0 Å². The lowest BCUT2D eigenvalue weighted by Gasteiger charge is -2.14. The summed E-state index contributed by atoms with van der Waals surface area (Å²) < 4.78 is 2.18. The number of rotatable bonds is 6. The maximum atomic E-state index is 4.79. The molecule has 1 N–H and O–H groups in total. The van der Waals surface area contributed by atoms with Gasteiger partial charge in [0, 0.05) is 29.7 Å². The normalized spacial score (nSPS) is 17.6. The lowest BCUT2D eigenvalue weighted by molar-refractivity contribution is 0.458. The van der Waals surface area contributed by atoms with Gasteiger partial charge in [0.05, 0.1) is 17.2 Å². The van der Waals surface area contributed by atoms with Crippen LogP contribution >= 0.6 is 11.3 Å². The maximum Gasteiger partial charge on any atom is 0.0794 e. The Morgan fingerprint density at radius 2 is 2.30 bits per heavy atom. The molecule has 3 rings (SSSR count). The Balaban J connectivity index is 1.69. The molecule has 0 radical (unpaired) electrons. The van der Waals surface area contributed by atoms with Crippen LogP contribution in [0.3, 0.4) is 0 Å². The third-order valence-electron chi connectivity index (χ3n) is 4.02. The molecule has 1 fully saturated rings. The van der Waals surface area contributed by atoms with Gasteiger partial charge in [0.15, 0.2) is 0 Å². The fraction of sp³-hybridized carbons (Fsp3) is 0.600. The van der Waals surface area contributed by atoms with Gasteiger partial charge in [0.2, 0.25) is 0 Å². The molecule has 1 aliphatic rings. The summed E-state index contributed by atoms with van der Waals surface area (Å²) >= 11 is 1.71. The molecule has 0 spiro atoms. The molecule has 1 atom stereocenters. The molecule has 1 unspecified atom stereocenters. The van der Waals surface area contributed by atoms with Crippen molar-refractivity contribution < 1.29 is 0 Å². The van der Waals surface area contributed by atoms with E-state index in [0.29, 0.717) is 12.1 Å². The van der Waals surface area contributed by atoms with Crippen molar-refractivity contribution in [2.24, 2.45) is 0 Å². The fourth-order valence-corrected chi connectivity index (χ4v) is 3.68. The first-order valence-electron chi connectivity index (χ1n) is 7.52. The van der Waals surface area contributed by atoms with Crippen LogP contribution in [0.1, 0.15) is 55.3 Å². The number of hydrogen-bond acceptors (Lipinski definition) is 4. The molecule has 0 aliphatic heterocycles. The molecule has 0 saturated heterocycles. The highest BCUT2D eigenvalue weighted by Gasteiger charge is 2.19. The topological polar surface area (TPSA) is 42.7 Å². The first-order valence-corrected chi connectivity index (χ1v) is 8.40. The zero-order chi connectivity index (χ0) is 13.8. The summed E-state index contributed by atoms with van der Waals surface area (Å²) in [4.78, 5) is 5.48. The summed E-state index contributed by atoms with van der Waals surface area (Å²) in [6.07, 6.45) is 10.3. The van der Waals surface area contributed by atoms with Gasteiger partial charge in [0.1, 0.15) is 0 Å². The van der Waals surface area contributed by atoms with Gasteiger partial charge in [-0.25, -0.2) is 0 Å². The second kappa shape index (κ2) is 6.50. The van der Waals surface area contributed by atoms with Crippen LogP contribution < -0.4 is 5.32 Å². The van der Waals surface area contributed by atoms with Crippen LogP contribution in [0.5, 0.6) is 0 Å². The second-order valence-electron chi connectivity index (χ2n) is 5.44. The van der Waals surface area contributed by atoms with Crippen LogP contribution in [-0.4, -0.2) is 21.3 Å². The molecular formula is C15H22N4S. The highest BCUT2D eigenvalue weighted by Crippen LogP contribution is 2.29. The standard InChI is InChI=1S/C15H22N4S/c1-2-17-14(15-10-16-11-20-15)9-12-7-8-19(18-12)13-5-3-4-6-13/h7-8,10-11,13-14,17H,2-6,9H2,1H3. The summed E-state index contributed by atoms with van der Waals surface area (Å²) in [5, 5.41) is 8.32. The molecular weight excluding hydrogens is 268 g/mol. The first-order chi connectivity index (χ1) is 9.86. The van der Waals surface area contributed by atoms with Crippen molar-refractivity contribution in [1.29, 1.82) is 0 Å². The minimum Gasteiger partial charge on any atom is -0.309 e. The second-order valence-corrected chi connectivity index (χ2v) is 6.36. The van der Waals surface area contributed by atoms with Crippen LogP contribution in [0.2, 0.25) is 0 Å². The van der Waals surface area contributed by atoms with Crippen molar-refractivity contribution in [3.8, 4) is 0 Å². The van der Waals surface area contributed by atoms with Gasteiger partial charge in [-0.15, -0.1) is 11.3 Å². The maximum absolute atomic E-state index is 4.79. The lowest BCUT2D eigenvalue weighted by Crippen LogP contribution is -2.22. The molecule has 2 aromatic rings. The van der Waals surface area contributed by atoms with Gasteiger partial charge in [-0.3, -0.25) is 9.67 Å². The predicted octanol–water partition coefficient (Wildman–Crippen LogP) is 3.35. The number of nitrogens with one attached hydrogen (secondary N) is 1. The SMILES string of the molecule is CCNC(Cc1ccn(C2CCCC2)n1)c1cncs1. The van der Waals surface area contributed by atoms with Gasteiger partial charge in [-0.2, -0.15) is 5.10 Å². The van der Waals surface area contributed by atoms with Gasteiger partial charge in [-0.05, 0) is 25.5 Å². The molecule has 0 aromatic carbocycles. The van der Waals surface area contributed by atoms with Crippen LogP contribution in [0.25, 0.3) is 0 Å². The zero-order valence-corrected chi connectivity index (χ0v) is 12.8. The molecule has 0 bridgehead atoms. The molecule has 4 nitrogen and oxygen atoms in total. The summed E-state index contributed by atoms with van der Waals surface area (Å²) in [6, 6.07) is 3.13. The van der Waals surface area contributed by atoms with Crippen molar-refractivity contribution in [2.45, 2.75) is 51.1 Å². The Morgan fingerprint density at radius 1 is 1.45 bits per heavy atom. The molecule has 2 heterocycles. The van der Waals surface area contributed by atoms with E-state index in [-0.39, 0.29) is 0 Å². The average molecular weight is 290 g/mol. The fourth-order valence-electron chi connectivity index (χ4n) is 2.99. The highest BCUT2D eigenvalue weighted by molar-refractivity contribution is 7.09. The smallest absolute Gasteiger partial charge is 0.0794 e. The van der Waals surface area contributed by atoms with Crippen molar-refractivity contribution in [2.75, 3.05) is 6.54 Å².